The molecule has 1 saturated heterocycles. The van der Waals surface area contributed by atoms with Gasteiger partial charge in [-0.05, 0) is 20.8 Å². The molecule has 0 bridgehead atoms. The first kappa shape index (κ1) is 13.5. The lowest BCUT2D eigenvalue weighted by atomic mass is 9.81. The van der Waals surface area contributed by atoms with Crippen LogP contribution in [0.3, 0.4) is 0 Å². The van der Waals surface area contributed by atoms with Crippen LogP contribution < -0.4 is 0 Å². The number of nitrogens with zero attached hydrogens (tertiary/aromatic N) is 2. The number of oxime groups is 1. The van der Waals surface area contributed by atoms with E-state index in [1.165, 1.54) is 0 Å². The maximum absolute atomic E-state index is 12.7. The highest BCUT2D eigenvalue weighted by Gasteiger charge is 2.53. The minimum Gasteiger partial charge on any atom is -0.391 e. The molecule has 102 valence electrons. The van der Waals surface area contributed by atoms with Crippen LogP contribution in [0.15, 0.2) is 5.16 Å². The van der Waals surface area contributed by atoms with Crippen LogP contribution in [0.5, 0.6) is 0 Å². The maximum atomic E-state index is 12.7. The van der Waals surface area contributed by atoms with Crippen LogP contribution in [0.4, 0.5) is 0 Å². The lowest BCUT2D eigenvalue weighted by Crippen LogP contribution is -2.52. The Labute approximate surface area is 109 Å². The van der Waals surface area contributed by atoms with Gasteiger partial charge in [-0.15, -0.1) is 0 Å². The number of likely N-dealkylation sites (tertiary alicyclic amines) is 1. The zero-order chi connectivity index (χ0) is 13.7. The fourth-order valence-corrected chi connectivity index (χ4v) is 2.76. The van der Waals surface area contributed by atoms with Crippen LogP contribution in [0.2, 0.25) is 0 Å². The average molecular weight is 252 g/mol. The minimum atomic E-state index is -0.334. The number of Topliss-reactive ketones (excluding diaryl/α,β-unsaturated/α-hetero) is 1. The molecule has 18 heavy (non-hydrogen) atoms. The summed E-state index contributed by atoms with van der Waals surface area (Å²) in [5, 5.41) is 3.90. The van der Waals surface area contributed by atoms with Gasteiger partial charge in [0.15, 0.2) is 5.78 Å². The number of carbonyl (C=O) groups is 1. The Morgan fingerprint density at radius 2 is 1.89 bits per heavy atom. The van der Waals surface area contributed by atoms with Crippen molar-refractivity contribution in [1.29, 1.82) is 0 Å². The molecule has 0 aliphatic carbocycles. The third kappa shape index (κ3) is 2.18. The molecule has 0 amide bonds. The van der Waals surface area contributed by atoms with E-state index in [0.29, 0.717) is 0 Å². The Morgan fingerprint density at radius 3 is 2.39 bits per heavy atom. The van der Waals surface area contributed by atoms with Crippen molar-refractivity contribution in [2.75, 3.05) is 6.54 Å². The molecule has 0 aromatic carbocycles. The van der Waals surface area contributed by atoms with E-state index in [-0.39, 0.29) is 34.8 Å². The number of fused-ring (bicyclic) bond motifs is 1. The molecule has 2 heterocycles. The number of ketones is 1. The Hall–Kier alpha value is -0.900. The quantitative estimate of drug-likeness (QED) is 0.717. The molecular formula is C14H24N2O2. The standard InChI is InChI=1S/C14H24N2O2/c1-13(2,3)12(17)11-9-7-15-18-10(9)8-16(11)14(4,5)6/h7,9-11H,8H2,1-6H3. The smallest absolute Gasteiger partial charge is 0.156 e. The molecule has 3 atom stereocenters. The van der Waals surface area contributed by atoms with Gasteiger partial charge in [0.05, 0.1) is 18.2 Å². The SMILES string of the molecule is CC(C)(C)C(=O)C1C2C=NOC2CN1C(C)(C)C. The van der Waals surface area contributed by atoms with E-state index in [2.05, 4.69) is 30.8 Å². The summed E-state index contributed by atoms with van der Waals surface area (Å²) >= 11 is 0. The molecule has 2 aliphatic heterocycles. The van der Waals surface area contributed by atoms with Crippen molar-refractivity contribution in [2.45, 2.75) is 59.2 Å². The molecule has 0 saturated carbocycles. The van der Waals surface area contributed by atoms with Gasteiger partial charge in [-0.2, -0.15) is 0 Å². The summed E-state index contributed by atoms with van der Waals surface area (Å²) in [6.07, 6.45) is 1.85. The van der Waals surface area contributed by atoms with Gasteiger partial charge in [0.2, 0.25) is 0 Å². The summed E-state index contributed by atoms with van der Waals surface area (Å²) in [5.41, 5.74) is -0.368. The van der Waals surface area contributed by atoms with Crippen molar-refractivity contribution in [2.24, 2.45) is 16.5 Å². The van der Waals surface area contributed by atoms with E-state index >= 15 is 0 Å². The largest absolute Gasteiger partial charge is 0.391 e. The Kier molecular flexibility index (Phi) is 3.05. The summed E-state index contributed by atoms with van der Waals surface area (Å²) in [5.74, 6) is 0.387. The number of carbonyl (C=O) groups excluding carboxylic acids is 1. The maximum Gasteiger partial charge on any atom is 0.156 e. The summed E-state index contributed by atoms with van der Waals surface area (Å²) in [6.45, 7) is 13.2. The Bertz CT molecular complexity index is 376. The molecule has 4 nitrogen and oxygen atoms in total. The van der Waals surface area contributed by atoms with Gasteiger partial charge in [0, 0.05) is 17.5 Å². The molecule has 4 heteroatoms. The van der Waals surface area contributed by atoms with Crippen molar-refractivity contribution in [3.63, 3.8) is 0 Å². The lowest BCUT2D eigenvalue weighted by Gasteiger charge is -2.39. The topological polar surface area (TPSA) is 41.9 Å². The summed E-state index contributed by atoms with van der Waals surface area (Å²) in [7, 11) is 0. The van der Waals surface area contributed by atoms with Gasteiger partial charge in [-0.1, -0.05) is 25.9 Å². The van der Waals surface area contributed by atoms with Gasteiger partial charge < -0.3 is 4.84 Å². The fraction of sp³-hybridized carbons (Fsp3) is 0.857. The second kappa shape index (κ2) is 4.05. The van der Waals surface area contributed by atoms with E-state index in [4.69, 9.17) is 4.84 Å². The minimum absolute atomic E-state index is 0.0346. The summed E-state index contributed by atoms with van der Waals surface area (Å²) in [6, 6.07) is -0.110. The van der Waals surface area contributed by atoms with Crippen molar-refractivity contribution in [3.05, 3.63) is 0 Å². The van der Waals surface area contributed by atoms with Crippen molar-refractivity contribution in [3.8, 4) is 0 Å². The van der Waals surface area contributed by atoms with Crippen LogP contribution in [0.25, 0.3) is 0 Å². The van der Waals surface area contributed by atoms with E-state index in [9.17, 15) is 4.79 Å². The molecule has 0 spiro atoms. The van der Waals surface area contributed by atoms with Gasteiger partial charge in [0.25, 0.3) is 0 Å². The summed E-state index contributed by atoms with van der Waals surface area (Å²) < 4.78 is 0. The van der Waals surface area contributed by atoms with Crippen molar-refractivity contribution in [1.82, 2.24) is 4.90 Å². The predicted molar refractivity (Wildman–Crippen MR) is 71.6 cm³/mol. The fourth-order valence-electron chi connectivity index (χ4n) is 2.76. The molecule has 2 rings (SSSR count). The van der Waals surface area contributed by atoms with Crippen LogP contribution in [-0.4, -0.2) is 41.1 Å². The highest BCUT2D eigenvalue weighted by Crippen LogP contribution is 2.38. The summed E-state index contributed by atoms with van der Waals surface area (Å²) in [4.78, 5) is 20.3. The van der Waals surface area contributed by atoms with E-state index in [0.717, 1.165) is 6.54 Å². The molecule has 0 aromatic heterocycles. The first-order chi connectivity index (χ1) is 8.12. The van der Waals surface area contributed by atoms with Crippen LogP contribution in [-0.2, 0) is 9.63 Å². The monoisotopic (exact) mass is 252 g/mol. The molecule has 3 unspecified atom stereocenters. The zero-order valence-corrected chi connectivity index (χ0v) is 12.2. The second-order valence-corrected chi connectivity index (χ2v) is 7.36. The van der Waals surface area contributed by atoms with E-state index in [1.54, 1.807) is 0 Å². The van der Waals surface area contributed by atoms with Gasteiger partial charge in [0.1, 0.15) is 6.10 Å². The number of hydrogen-bond acceptors (Lipinski definition) is 4. The first-order valence-corrected chi connectivity index (χ1v) is 6.63. The predicted octanol–water partition coefficient (Wildman–Crippen LogP) is 2.09. The molecule has 2 aliphatic rings. The molecule has 0 N–H and O–H groups in total. The van der Waals surface area contributed by atoms with Crippen LogP contribution in [0.1, 0.15) is 41.5 Å². The molecular weight excluding hydrogens is 228 g/mol. The van der Waals surface area contributed by atoms with Gasteiger partial charge in [-0.25, -0.2) is 0 Å². The Balaban J connectivity index is 2.33. The van der Waals surface area contributed by atoms with Gasteiger partial charge in [-0.3, -0.25) is 9.69 Å². The van der Waals surface area contributed by atoms with E-state index < -0.39 is 0 Å². The van der Waals surface area contributed by atoms with Crippen molar-refractivity contribution >= 4 is 12.0 Å². The first-order valence-electron chi connectivity index (χ1n) is 6.63. The second-order valence-electron chi connectivity index (χ2n) is 7.36. The highest BCUT2D eigenvalue weighted by molar-refractivity contribution is 5.92. The van der Waals surface area contributed by atoms with E-state index in [1.807, 2.05) is 27.0 Å². The number of hydrogen-bond donors (Lipinski definition) is 0. The molecule has 1 fully saturated rings. The van der Waals surface area contributed by atoms with Crippen LogP contribution in [0, 0.1) is 11.3 Å². The third-order valence-corrected chi connectivity index (χ3v) is 3.81. The zero-order valence-electron chi connectivity index (χ0n) is 12.2. The normalized spacial score (nSPS) is 32.4. The molecule has 0 aromatic rings. The number of rotatable bonds is 1. The third-order valence-electron chi connectivity index (χ3n) is 3.81. The van der Waals surface area contributed by atoms with Gasteiger partial charge >= 0.3 is 0 Å². The molecule has 0 radical (unpaired) electrons. The highest BCUT2D eigenvalue weighted by atomic mass is 16.6. The van der Waals surface area contributed by atoms with Crippen LogP contribution >= 0.6 is 0 Å². The van der Waals surface area contributed by atoms with Crippen molar-refractivity contribution < 1.29 is 9.63 Å². The average Bonchev–Trinajstić information content (AvgIpc) is 2.71. The lowest BCUT2D eigenvalue weighted by molar-refractivity contribution is -0.133. The Morgan fingerprint density at radius 1 is 1.28 bits per heavy atom.